The minimum Gasteiger partial charge on any atom is -0.359 e. The molecule has 0 spiro atoms. The van der Waals surface area contributed by atoms with Crippen molar-refractivity contribution in [2.75, 3.05) is 0 Å². The summed E-state index contributed by atoms with van der Waals surface area (Å²) in [4.78, 5) is 11.5. The van der Waals surface area contributed by atoms with E-state index in [1.807, 2.05) is 29.5 Å². The summed E-state index contributed by atoms with van der Waals surface area (Å²) in [6.45, 7) is 2.15. The first-order chi connectivity index (χ1) is 7.15. The summed E-state index contributed by atoms with van der Waals surface area (Å²) < 4.78 is 7.16. The first-order valence-electron chi connectivity index (χ1n) is 4.30. The van der Waals surface area contributed by atoms with Gasteiger partial charge in [0.1, 0.15) is 6.54 Å². The Bertz CT molecular complexity index is 532. The molecule has 0 saturated heterocycles. The van der Waals surface area contributed by atoms with Crippen LogP contribution in [0.4, 0.5) is 0 Å². The standard InChI is InChI=1S/C9H8IN3O2/c1-6-2-8(15-12-6)5-13-9(14)3-7(10)4-11-13/h2-4H,5H2,1H3. The number of hydrogen-bond acceptors (Lipinski definition) is 4. The van der Waals surface area contributed by atoms with Gasteiger partial charge in [0, 0.05) is 15.7 Å². The quantitative estimate of drug-likeness (QED) is 0.781. The molecule has 0 N–H and O–H groups in total. The molecular formula is C9H8IN3O2. The third kappa shape index (κ3) is 2.44. The minimum absolute atomic E-state index is 0.143. The maximum absolute atomic E-state index is 11.5. The molecule has 2 aromatic heterocycles. The van der Waals surface area contributed by atoms with E-state index in [9.17, 15) is 4.79 Å². The third-order valence-electron chi connectivity index (χ3n) is 1.82. The van der Waals surface area contributed by atoms with Crippen LogP contribution in [0.3, 0.4) is 0 Å². The van der Waals surface area contributed by atoms with E-state index in [1.165, 1.54) is 10.7 Å². The first-order valence-corrected chi connectivity index (χ1v) is 5.38. The molecule has 2 aromatic rings. The highest BCUT2D eigenvalue weighted by Crippen LogP contribution is 2.03. The SMILES string of the molecule is Cc1cc(Cn2ncc(I)cc2=O)on1. The largest absolute Gasteiger partial charge is 0.359 e. The fourth-order valence-electron chi connectivity index (χ4n) is 1.17. The monoisotopic (exact) mass is 317 g/mol. The van der Waals surface area contributed by atoms with Crippen molar-refractivity contribution in [2.24, 2.45) is 0 Å². The number of nitrogens with zero attached hydrogens (tertiary/aromatic N) is 3. The Kier molecular flexibility index (Phi) is 2.85. The minimum atomic E-state index is -0.143. The molecule has 2 heterocycles. The number of rotatable bonds is 2. The topological polar surface area (TPSA) is 60.9 Å². The summed E-state index contributed by atoms with van der Waals surface area (Å²) in [6, 6.07) is 3.31. The predicted molar refractivity (Wildman–Crippen MR) is 61.6 cm³/mol. The van der Waals surface area contributed by atoms with E-state index in [-0.39, 0.29) is 5.56 Å². The van der Waals surface area contributed by atoms with Gasteiger partial charge in [0.2, 0.25) is 0 Å². The zero-order valence-electron chi connectivity index (χ0n) is 7.98. The maximum Gasteiger partial charge on any atom is 0.268 e. The van der Waals surface area contributed by atoms with Crippen LogP contribution < -0.4 is 5.56 Å². The summed E-state index contributed by atoms with van der Waals surface area (Å²) in [5.41, 5.74) is 0.652. The van der Waals surface area contributed by atoms with E-state index in [4.69, 9.17) is 4.52 Å². The van der Waals surface area contributed by atoms with Crippen molar-refractivity contribution in [2.45, 2.75) is 13.5 Å². The summed E-state index contributed by atoms with van der Waals surface area (Å²) in [7, 11) is 0. The number of aryl methyl sites for hydroxylation is 1. The fraction of sp³-hybridized carbons (Fsp3) is 0.222. The van der Waals surface area contributed by atoms with Crippen LogP contribution in [0.25, 0.3) is 0 Å². The van der Waals surface area contributed by atoms with E-state index < -0.39 is 0 Å². The Balaban J connectivity index is 2.28. The first kappa shape index (κ1) is 10.3. The van der Waals surface area contributed by atoms with Crippen molar-refractivity contribution in [3.8, 4) is 0 Å². The van der Waals surface area contributed by atoms with E-state index in [2.05, 4.69) is 10.3 Å². The molecule has 0 aliphatic carbocycles. The van der Waals surface area contributed by atoms with Crippen molar-refractivity contribution < 1.29 is 4.52 Å². The van der Waals surface area contributed by atoms with Crippen LogP contribution in [-0.4, -0.2) is 14.9 Å². The Hall–Kier alpha value is -1.18. The Morgan fingerprint density at radius 1 is 1.53 bits per heavy atom. The molecule has 0 radical (unpaired) electrons. The highest BCUT2D eigenvalue weighted by molar-refractivity contribution is 14.1. The lowest BCUT2D eigenvalue weighted by molar-refractivity contribution is 0.365. The third-order valence-corrected chi connectivity index (χ3v) is 2.41. The van der Waals surface area contributed by atoms with E-state index >= 15 is 0 Å². The molecule has 2 rings (SSSR count). The molecule has 0 fully saturated rings. The highest BCUT2D eigenvalue weighted by Gasteiger charge is 2.04. The molecule has 78 valence electrons. The van der Waals surface area contributed by atoms with Gasteiger partial charge in [0.25, 0.3) is 5.56 Å². The van der Waals surface area contributed by atoms with Crippen molar-refractivity contribution in [3.05, 3.63) is 43.7 Å². The van der Waals surface area contributed by atoms with Crippen molar-refractivity contribution in [3.63, 3.8) is 0 Å². The molecule has 0 amide bonds. The van der Waals surface area contributed by atoms with Crippen molar-refractivity contribution in [1.29, 1.82) is 0 Å². The van der Waals surface area contributed by atoms with Gasteiger partial charge in [-0.15, -0.1) is 0 Å². The van der Waals surface area contributed by atoms with Gasteiger partial charge in [-0.1, -0.05) is 5.16 Å². The van der Waals surface area contributed by atoms with E-state index in [0.717, 1.165) is 9.26 Å². The highest BCUT2D eigenvalue weighted by atomic mass is 127. The van der Waals surface area contributed by atoms with Gasteiger partial charge < -0.3 is 4.52 Å². The summed E-state index contributed by atoms with van der Waals surface area (Å²) >= 11 is 2.05. The number of hydrogen-bond donors (Lipinski definition) is 0. The second kappa shape index (κ2) is 4.13. The van der Waals surface area contributed by atoms with Gasteiger partial charge in [-0.2, -0.15) is 5.10 Å². The van der Waals surface area contributed by atoms with Gasteiger partial charge in [0.05, 0.1) is 11.9 Å². The molecule has 0 unspecified atom stereocenters. The fourth-order valence-corrected chi connectivity index (χ4v) is 1.56. The lowest BCUT2D eigenvalue weighted by Gasteiger charge is -1.99. The molecule has 0 aliphatic rings. The average molecular weight is 317 g/mol. The molecule has 0 saturated carbocycles. The number of aromatic nitrogens is 3. The smallest absolute Gasteiger partial charge is 0.268 e. The second-order valence-electron chi connectivity index (χ2n) is 3.10. The molecule has 0 atom stereocenters. The zero-order valence-corrected chi connectivity index (χ0v) is 10.1. The maximum atomic E-state index is 11.5. The average Bonchev–Trinajstić information content (AvgIpc) is 2.56. The summed E-state index contributed by atoms with van der Waals surface area (Å²) in [6.07, 6.45) is 1.63. The lowest BCUT2D eigenvalue weighted by atomic mass is 10.4. The zero-order chi connectivity index (χ0) is 10.8. The van der Waals surface area contributed by atoms with Crippen LogP contribution in [0.1, 0.15) is 11.5 Å². The molecule has 5 nitrogen and oxygen atoms in total. The van der Waals surface area contributed by atoms with Crippen LogP contribution in [0.5, 0.6) is 0 Å². The van der Waals surface area contributed by atoms with Crippen molar-refractivity contribution in [1.82, 2.24) is 14.9 Å². The van der Waals surface area contributed by atoms with Crippen molar-refractivity contribution >= 4 is 22.6 Å². The molecule has 6 heteroatoms. The molecular weight excluding hydrogens is 309 g/mol. The molecule has 0 aliphatic heterocycles. The van der Waals surface area contributed by atoms with Gasteiger partial charge >= 0.3 is 0 Å². The van der Waals surface area contributed by atoms with Gasteiger partial charge in [0.15, 0.2) is 5.76 Å². The summed E-state index contributed by atoms with van der Waals surface area (Å²) in [5.74, 6) is 0.628. The van der Waals surface area contributed by atoms with Gasteiger partial charge in [-0.3, -0.25) is 4.79 Å². The van der Waals surface area contributed by atoms with E-state index in [1.54, 1.807) is 12.3 Å². The van der Waals surface area contributed by atoms with Gasteiger partial charge in [-0.05, 0) is 29.5 Å². The summed E-state index contributed by atoms with van der Waals surface area (Å²) in [5, 5.41) is 7.73. The molecule has 0 aromatic carbocycles. The van der Waals surface area contributed by atoms with E-state index in [0.29, 0.717) is 12.3 Å². The molecule has 15 heavy (non-hydrogen) atoms. The normalized spacial score (nSPS) is 10.5. The van der Waals surface area contributed by atoms with Gasteiger partial charge in [-0.25, -0.2) is 4.68 Å². The predicted octanol–water partition coefficient (Wildman–Crippen LogP) is 1.19. The lowest BCUT2D eigenvalue weighted by Crippen LogP contribution is -2.22. The number of halogens is 1. The molecule has 0 bridgehead atoms. The second-order valence-corrected chi connectivity index (χ2v) is 4.35. The van der Waals surface area contributed by atoms with Crippen LogP contribution in [-0.2, 0) is 6.54 Å². The Morgan fingerprint density at radius 2 is 2.33 bits per heavy atom. The van der Waals surface area contributed by atoms with Crippen LogP contribution >= 0.6 is 22.6 Å². The van der Waals surface area contributed by atoms with Crippen LogP contribution in [0.2, 0.25) is 0 Å². The Morgan fingerprint density at radius 3 is 2.93 bits per heavy atom. The Labute approximate surface area is 99.2 Å². The van der Waals surface area contributed by atoms with Crippen LogP contribution in [0, 0.1) is 10.5 Å². The van der Waals surface area contributed by atoms with Crippen LogP contribution in [0.15, 0.2) is 27.6 Å².